The van der Waals surface area contributed by atoms with Crippen LogP contribution in [0.4, 0.5) is 0 Å². The molecule has 2 heterocycles. The minimum absolute atomic E-state index is 0.0177. The number of hydrogen-bond acceptors (Lipinski definition) is 4. The Bertz CT molecular complexity index is 393. The van der Waals surface area contributed by atoms with Crippen LogP contribution in [0.1, 0.15) is 24.6 Å². The maximum Gasteiger partial charge on any atom is 0.220 e. The fourth-order valence-electron chi connectivity index (χ4n) is 2.03. The zero-order chi connectivity index (χ0) is 13.0. The molecule has 18 heavy (non-hydrogen) atoms. The third-order valence-corrected chi connectivity index (χ3v) is 4.37. The van der Waals surface area contributed by atoms with Crippen molar-refractivity contribution in [2.45, 2.75) is 37.9 Å². The average molecular weight is 269 g/mol. The quantitative estimate of drug-likeness (QED) is 0.848. The lowest BCUT2D eigenvalue weighted by Gasteiger charge is -2.26. The monoisotopic (exact) mass is 269 g/mol. The molecule has 2 unspecified atom stereocenters. The van der Waals surface area contributed by atoms with E-state index in [1.807, 2.05) is 24.4 Å². The highest BCUT2D eigenvalue weighted by atomic mass is 32.1. The molecule has 0 radical (unpaired) electrons. The van der Waals surface area contributed by atoms with Crippen molar-refractivity contribution < 1.29 is 14.6 Å². The molecule has 1 aliphatic rings. The van der Waals surface area contributed by atoms with Gasteiger partial charge < -0.3 is 15.2 Å². The zero-order valence-corrected chi connectivity index (χ0v) is 11.3. The molecule has 0 bridgehead atoms. The molecule has 1 fully saturated rings. The summed E-state index contributed by atoms with van der Waals surface area (Å²) in [5.41, 5.74) is -0.904. The first kappa shape index (κ1) is 13.5. The van der Waals surface area contributed by atoms with Gasteiger partial charge in [-0.15, -0.1) is 11.3 Å². The first-order chi connectivity index (χ1) is 8.60. The highest BCUT2D eigenvalue weighted by Gasteiger charge is 2.39. The van der Waals surface area contributed by atoms with Gasteiger partial charge in [-0.2, -0.15) is 0 Å². The average Bonchev–Trinajstić information content (AvgIpc) is 2.96. The molecular weight excluding hydrogens is 250 g/mol. The van der Waals surface area contributed by atoms with Crippen LogP contribution in [0.15, 0.2) is 17.5 Å². The Hall–Kier alpha value is -0.910. The van der Waals surface area contributed by atoms with Crippen molar-refractivity contribution in [1.82, 2.24) is 5.32 Å². The third-order valence-electron chi connectivity index (χ3n) is 3.43. The molecule has 0 aliphatic carbocycles. The summed E-state index contributed by atoms with van der Waals surface area (Å²) in [5, 5.41) is 15.0. The molecule has 0 aromatic carbocycles. The first-order valence-electron chi connectivity index (χ1n) is 6.23. The van der Waals surface area contributed by atoms with Crippen LogP contribution >= 0.6 is 11.3 Å². The van der Waals surface area contributed by atoms with E-state index in [0.29, 0.717) is 19.4 Å². The number of nitrogens with one attached hydrogen (secondary N) is 1. The predicted molar refractivity (Wildman–Crippen MR) is 70.6 cm³/mol. The van der Waals surface area contributed by atoms with E-state index in [0.717, 1.165) is 6.42 Å². The van der Waals surface area contributed by atoms with Gasteiger partial charge in [0.15, 0.2) is 0 Å². The van der Waals surface area contributed by atoms with Gasteiger partial charge in [0.2, 0.25) is 5.91 Å². The largest absolute Gasteiger partial charge is 0.385 e. The van der Waals surface area contributed by atoms with E-state index in [1.54, 1.807) is 11.3 Å². The van der Waals surface area contributed by atoms with Crippen LogP contribution in [0.25, 0.3) is 0 Å². The van der Waals surface area contributed by atoms with Gasteiger partial charge in [0.1, 0.15) is 5.60 Å². The SMILES string of the molecule is CC1OCCC1(O)CNC(=O)CCc1cccs1. The summed E-state index contributed by atoms with van der Waals surface area (Å²) >= 11 is 1.66. The molecule has 2 N–H and O–H groups in total. The van der Waals surface area contributed by atoms with Crippen molar-refractivity contribution >= 4 is 17.2 Å². The third kappa shape index (κ3) is 3.31. The van der Waals surface area contributed by atoms with E-state index in [9.17, 15) is 9.90 Å². The number of rotatable bonds is 5. The first-order valence-corrected chi connectivity index (χ1v) is 7.11. The molecule has 2 atom stereocenters. The molecule has 1 amide bonds. The van der Waals surface area contributed by atoms with E-state index in [1.165, 1.54) is 4.88 Å². The Morgan fingerprint density at radius 2 is 2.56 bits per heavy atom. The van der Waals surface area contributed by atoms with Gasteiger partial charge >= 0.3 is 0 Å². The predicted octanol–water partition coefficient (Wildman–Crippen LogP) is 1.34. The van der Waals surface area contributed by atoms with Crippen molar-refractivity contribution in [3.05, 3.63) is 22.4 Å². The van der Waals surface area contributed by atoms with Crippen LogP contribution in [0.5, 0.6) is 0 Å². The molecule has 1 aliphatic heterocycles. The molecule has 5 heteroatoms. The van der Waals surface area contributed by atoms with Gasteiger partial charge in [-0.25, -0.2) is 0 Å². The molecule has 0 saturated carbocycles. The van der Waals surface area contributed by atoms with Crippen molar-refractivity contribution in [2.24, 2.45) is 0 Å². The summed E-state index contributed by atoms with van der Waals surface area (Å²) in [7, 11) is 0. The summed E-state index contributed by atoms with van der Waals surface area (Å²) in [6, 6.07) is 4.01. The van der Waals surface area contributed by atoms with E-state index >= 15 is 0 Å². The van der Waals surface area contributed by atoms with Crippen molar-refractivity contribution in [3.8, 4) is 0 Å². The molecule has 0 spiro atoms. The molecule has 1 saturated heterocycles. The van der Waals surface area contributed by atoms with Gasteiger partial charge in [0, 0.05) is 30.9 Å². The van der Waals surface area contributed by atoms with Crippen LogP contribution in [-0.2, 0) is 16.0 Å². The maximum absolute atomic E-state index is 11.7. The van der Waals surface area contributed by atoms with Crippen molar-refractivity contribution in [2.75, 3.05) is 13.2 Å². The van der Waals surface area contributed by atoms with Crippen molar-refractivity contribution in [1.29, 1.82) is 0 Å². The molecule has 1 aromatic rings. The molecule has 2 rings (SSSR count). The number of carbonyl (C=O) groups is 1. The Morgan fingerprint density at radius 3 is 3.17 bits per heavy atom. The lowest BCUT2D eigenvalue weighted by Crippen LogP contribution is -2.47. The second-order valence-corrected chi connectivity index (χ2v) is 5.75. The van der Waals surface area contributed by atoms with Gasteiger partial charge in [0.05, 0.1) is 6.10 Å². The lowest BCUT2D eigenvalue weighted by molar-refractivity contribution is -0.122. The zero-order valence-electron chi connectivity index (χ0n) is 10.5. The summed E-state index contributed by atoms with van der Waals surface area (Å²) in [6.45, 7) is 2.67. The highest BCUT2D eigenvalue weighted by molar-refractivity contribution is 7.09. The molecular formula is C13H19NO3S. The van der Waals surface area contributed by atoms with E-state index < -0.39 is 5.60 Å². The van der Waals surface area contributed by atoms with Crippen LogP contribution in [0.2, 0.25) is 0 Å². The fourth-order valence-corrected chi connectivity index (χ4v) is 2.74. The second-order valence-electron chi connectivity index (χ2n) is 4.72. The van der Waals surface area contributed by atoms with E-state index in [4.69, 9.17) is 4.74 Å². The summed E-state index contributed by atoms with van der Waals surface area (Å²) in [5.74, 6) is -0.0177. The number of aliphatic hydroxyl groups is 1. The highest BCUT2D eigenvalue weighted by Crippen LogP contribution is 2.24. The van der Waals surface area contributed by atoms with Crippen LogP contribution in [-0.4, -0.2) is 35.9 Å². The van der Waals surface area contributed by atoms with Gasteiger partial charge in [-0.3, -0.25) is 4.79 Å². The number of aryl methyl sites for hydroxylation is 1. The lowest BCUT2D eigenvalue weighted by atomic mass is 9.96. The van der Waals surface area contributed by atoms with Crippen LogP contribution < -0.4 is 5.32 Å². The van der Waals surface area contributed by atoms with Gasteiger partial charge in [0.25, 0.3) is 0 Å². The minimum Gasteiger partial charge on any atom is -0.385 e. The Morgan fingerprint density at radius 1 is 1.72 bits per heavy atom. The van der Waals surface area contributed by atoms with E-state index in [-0.39, 0.29) is 18.6 Å². The summed E-state index contributed by atoms with van der Waals surface area (Å²) < 4.78 is 5.32. The number of hydrogen-bond donors (Lipinski definition) is 2. The van der Waals surface area contributed by atoms with Gasteiger partial charge in [-0.05, 0) is 24.8 Å². The topological polar surface area (TPSA) is 58.6 Å². The smallest absolute Gasteiger partial charge is 0.220 e. The number of thiophene rings is 1. The van der Waals surface area contributed by atoms with E-state index in [2.05, 4.69) is 5.32 Å². The Kier molecular flexibility index (Phi) is 4.37. The number of carbonyl (C=O) groups excluding carboxylic acids is 1. The fraction of sp³-hybridized carbons (Fsp3) is 0.615. The second kappa shape index (κ2) is 5.82. The number of ether oxygens (including phenoxy) is 1. The minimum atomic E-state index is -0.904. The molecule has 100 valence electrons. The van der Waals surface area contributed by atoms with Crippen LogP contribution in [0.3, 0.4) is 0 Å². The molecule has 1 aromatic heterocycles. The standard InChI is InChI=1S/C13H19NO3S/c1-10-13(16,6-7-17-10)9-14-12(15)5-4-11-3-2-8-18-11/h2-3,8,10,16H,4-7,9H2,1H3,(H,14,15). The Balaban J connectivity index is 1.71. The van der Waals surface area contributed by atoms with Gasteiger partial charge in [-0.1, -0.05) is 6.07 Å². The number of amides is 1. The summed E-state index contributed by atoms with van der Waals surface area (Å²) in [4.78, 5) is 12.9. The maximum atomic E-state index is 11.7. The molecule has 4 nitrogen and oxygen atoms in total. The summed E-state index contributed by atoms with van der Waals surface area (Å²) in [6.07, 6.45) is 1.59. The Labute approximate surface area is 111 Å². The normalized spacial score (nSPS) is 27.3. The van der Waals surface area contributed by atoms with Crippen LogP contribution in [0, 0.1) is 0 Å². The van der Waals surface area contributed by atoms with Crippen molar-refractivity contribution in [3.63, 3.8) is 0 Å².